The van der Waals surface area contributed by atoms with Crippen LogP contribution in [-0.2, 0) is 4.74 Å². The molecule has 0 aliphatic carbocycles. The van der Waals surface area contributed by atoms with Crippen LogP contribution in [0.5, 0.6) is 11.5 Å². The molecule has 5 nitrogen and oxygen atoms in total. The lowest BCUT2D eigenvalue weighted by Gasteiger charge is -2.27. The average Bonchev–Trinajstić information content (AvgIpc) is 2.83. The lowest BCUT2D eigenvalue weighted by atomic mass is 10.0. The van der Waals surface area contributed by atoms with Gasteiger partial charge in [0.15, 0.2) is 11.5 Å². The first kappa shape index (κ1) is 14.1. The van der Waals surface area contributed by atoms with Crippen molar-refractivity contribution in [1.29, 1.82) is 0 Å². The molecule has 1 aromatic rings. The lowest BCUT2D eigenvalue weighted by Crippen LogP contribution is -2.45. The van der Waals surface area contributed by atoms with Crippen LogP contribution in [0, 0.1) is 0 Å². The molecule has 106 valence electrons. The second kappa shape index (κ2) is 5.77. The van der Waals surface area contributed by atoms with Crippen molar-refractivity contribution in [3.05, 3.63) is 23.8 Å². The normalized spacial score (nSPS) is 15.6. The summed E-state index contributed by atoms with van der Waals surface area (Å²) in [5.41, 5.74) is 0.636. The summed E-state index contributed by atoms with van der Waals surface area (Å²) in [4.78, 5) is 0. The van der Waals surface area contributed by atoms with E-state index in [0.29, 0.717) is 18.9 Å². The van der Waals surface area contributed by atoms with Crippen LogP contribution in [0.4, 0.5) is 0 Å². The largest absolute Gasteiger partial charge is 0.454 e. The Hall–Kier alpha value is -1.30. The van der Waals surface area contributed by atoms with Crippen LogP contribution in [0.25, 0.3) is 0 Å². The van der Waals surface area contributed by atoms with Gasteiger partial charge < -0.3 is 24.6 Å². The molecule has 1 aromatic carbocycles. The highest BCUT2D eigenvalue weighted by molar-refractivity contribution is 5.45. The average molecular weight is 267 g/mol. The molecule has 2 rings (SSSR count). The monoisotopic (exact) mass is 267 g/mol. The summed E-state index contributed by atoms with van der Waals surface area (Å²) in [5.74, 6) is 1.41. The fourth-order valence-electron chi connectivity index (χ4n) is 2.02. The molecule has 0 radical (unpaired) electrons. The van der Waals surface area contributed by atoms with E-state index >= 15 is 0 Å². The second-order valence-corrected chi connectivity index (χ2v) is 5.33. The third kappa shape index (κ3) is 3.59. The number of hydrogen-bond acceptors (Lipinski definition) is 5. The molecule has 1 aliphatic rings. The van der Waals surface area contributed by atoms with Crippen molar-refractivity contribution in [3.63, 3.8) is 0 Å². The smallest absolute Gasteiger partial charge is 0.231 e. The van der Waals surface area contributed by atoms with Crippen LogP contribution in [0.15, 0.2) is 18.2 Å². The summed E-state index contributed by atoms with van der Waals surface area (Å²) >= 11 is 0. The number of methoxy groups -OCH3 is 1. The Morgan fingerprint density at radius 1 is 1.37 bits per heavy atom. The van der Waals surface area contributed by atoms with E-state index in [4.69, 9.17) is 14.2 Å². The summed E-state index contributed by atoms with van der Waals surface area (Å²) < 4.78 is 15.7. The number of benzene rings is 1. The minimum atomic E-state index is -0.592. The quantitative estimate of drug-likeness (QED) is 0.817. The maximum atomic E-state index is 10.2. The van der Waals surface area contributed by atoms with E-state index in [1.165, 1.54) is 0 Å². The van der Waals surface area contributed by atoms with Crippen molar-refractivity contribution in [2.24, 2.45) is 0 Å². The second-order valence-electron chi connectivity index (χ2n) is 5.33. The van der Waals surface area contributed by atoms with Crippen LogP contribution in [0.3, 0.4) is 0 Å². The molecule has 2 N–H and O–H groups in total. The molecule has 1 unspecified atom stereocenters. The Bertz CT molecular complexity index is 433. The van der Waals surface area contributed by atoms with Gasteiger partial charge in [-0.2, -0.15) is 0 Å². The highest BCUT2D eigenvalue weighted by Crippen LogP contribution is 2.34. The molecular weight excluding hydrogens is 246 g/mol. The summed E-state index contributed by atoms with van der Waals surface area (Å²) in [5, 5.41) is 13.5. The summed E-state index contributed by atoms with van der Waals surface area (Å²) in [7, 11) is 1.66. The summed E-state index contributed by atoms with van der Waals surface area (Å²) in [6.45, 7) is 5.34. The summed E-state index contributed by atoms with van der Waals surface area (Å²) in [6, 6.07) is 5.49. The Morgan fingerprint density at radius 2 is 2.11 bits per heavy atom. The van der Waals surface area contributed by atoms with Gasteiger partial charge in [0.25, 0.3) is 0 Å². The van der Waals surface area contributed by atoms with E-state index in [9.17, 15) is 5.11 Å². The third-order valence-electron chi connectivity index (χ3n) is 3.06. The van der Waals surface area contributed by atoms with Crippen LogP contribution >= 0.6 is 0 Å². The highest BCUT2D eigenvalue weighted by Gasteiger charge is 2.20. The molecule has 19 heavy (non-hydrogen) atoms. The highest BCUT2D eigenvalue weighted by atomic mass is 16.7. The predicted molar refractivity (Wildman–Crippen MR) is 71.5 cm³/mol. The van der Waals surface area contributed by atoms with Gasteiger partial charge in [-0.15, -0.1) is 0 Å². The van der Waals surface area contributed by atoms with Crippen LogP contribution in [0.2, 0.25) is 0 Å². The van der Waals surface area contributed by atoms with Gasteiger partial charge in [0.2, 0.25) is 6.79 Å². The van der Waals surface area contributed by atoms with E-state index in [0.717, 1.165) is 11.3 Å². The minimum Gasteiger partial charge on any atom is -0.454 e. The van der Waals surface area contributed by atoms with E-state index in [-0.39, 0.29) is 12.3 Å². The zero-order valence-electron chi connectivity index (χ0n) is 11.6. The van der Waals surface area contributed by atoms with Crippen LogP contribution in [-0.4, -0.2) is 37.7 Å². The van der Waals surface area contributed by atoms with E-state index in [1.54, 1.807) is 7.11 Å². The first-order valence-electron chi connectivity index (χ1n) is 6.33. The van der Waals surface area contributed by atoms with Gasteiger partial charge >= 0.3 is 0 Å². The molecule has 0 aromatic heterocycles. The number of nitrogens with one attached hydrogen (secondary N) is 1. The van der Waals surface area contributed by atoms with E-state index < -0.39 is 6.10 Å². The van der Waals surface area contributed by atoms with Gasteiger partial charge in [0.1, 0.15) is 0 Å². The SMILES string of the molecule is COCC(C)(C)NCC(O)c1ccc2c(c1)OCO2. The van der Waals surface area contributed by atoms with Crippen LogP contribution < -0.4 is 14.8 Å². The molecule has 0 saturated carbocycles. The number of β-amino-alcohol motifs (C(OH)–C–C–N with tert-alkyl or cyclic N) is 1. The molecule has 0 bridgehead atoms. The first-order chi connectivity index (χ1) is 9.02. The molecule has 5 heteroatoms. The molecule has 0 amide bonds. The van der Waals surface area contributed by atoms with Crippen molar-refractivity contribution in [3.8, 4) is 11.5 Å². The fraction of sp³-hybridized carbons (Fsp3) is 0.571. The Morgan fingerprint density at radius 3 is 2.84 bits per heavy atom. The van der Waals surface area contributed by atoms with Crippen molar-refractivity contribution >= 4 is 0 Å². The molecule has 0 saturated heterocycles. The third-order valence-corrected chi connectivity index (χ3v) is 3.06. The van der Waals surface area contributed by atoms with E-state index in [2.05, 4.69) is 5.32 Å². The van der Waals surface area contributed by atoms with Crippen molar-refractivity contribution in [2.75, 3.05) is 27.1 Å². The maximum Gasteiger partial charge on any atom is 0.231 e. The number of aliphatic hydroxyl groups is 1. The Labute approximate surface area is 113 Å². The number of ether oxygens (including phenoxy) is 3. The van der Waals surface area contributed by atoms with Gasteiger partial charge in [-0.05, 0) is 31.5 Å². The van der Waals surface area contributed by atoms with Crippen molar-refractivity contribution in [1.82, 2.24) is 5.32 Å². The van der Waals surface area contributed by atoms with Gasteiger partial charge in [0, 0.05) is 19.2 Å². The van der Waals surface area contributed by atoms with Crippen molar-refractivity contribution in [2.45, 2.75) is 25.5 Å². The van der Waals surface area contributed by atoms with Gasteiger partial charge in [-0.1, -0.05) is 6.07 Å². The fourth-order valence-corrected chi connectivity index (χ4v) is 2.02. The number of fused-ring (bicyclic) bond motifs is 1. The Balaban J connectivity index is 1.95. The maximum absolute atomic E-state index is 10.2. The van der Waals surface area contributed by atoms with Crippen molar-refractivity contribution < 1.29 is 19.3 Å². The van der Waals surface area contributed by atoms with Crippen LogP contribution in [0.1, 0.15) is 25.5 Å². The molecule has 0 spiro atoms. The molecule has 1 atom stereocenters. The molecule has 1 aliphatic heterocycles. The number of hydrogen-bond donors (Lipinski definition) is 2. The molecule has 0 fully saturated rings. The zero-order chi connectivity index (χ0) is 13.9. The lowest BCUT2D eigenvalue weighted by molar-refractivity contribution is 0.107. The van der Waals surface area contributed by atoms with Gasteiger partial charge in [-0.3, -0.25) is 0 Å². The summed E-state index contributed by atoms with van der Waals surface area (Å²) in [6.07, 6.45) is -0.592. The molecular formula is C14H21NO4. The first-order valence-corrected chi connectivity index (χ1v) is 6.33. The van der Waals surface area contributed by atoms with E-state index in [1.807, 2.05) is 32.0 Å². The number of rotatable bonds is 6. The topological polar surface area (TPSA) is 60.0 Å². The standard InChI is InChI=1S/C14H21NO4/c1-14(2,8-17-3)15-7-11(16)10-4-5-12-13(6-10)19-9-18-12/h4-6,11,15-16H,7-9H2,1-3H3. The predicted octanol–water partition coefficient (Wildman–Crippen LogP) is 1.46. The van der Waals surface area contributed by atoms with Gasteiger partial charge in [0.05, 0.1) is 12.7 Å². The zero-order valence-corrected chi connectivity index (χ0v) is 11.6. The van der Waals surface area contributed by atoms with Gasteiger partial charge in [-0.25, -0.2) is 0 Å². The number of aliphatic hydroxyl groups excluding tert-OH is 1. The minimum absolute atomic E-state index is 0.175. The molecule has 1 heterocycles. The Kier molecular flexibility index (Phi) is 4.29.